The van der Waals surface area contributed by atoms with Gasteiger partial charge in [0.05, 0.1) is 0 Å². The van der Waals surface area contributed by atoms with Gasteiger partial charge in [0.1, 0.15) is 0 Å². The number of halogens is 2. The summed E-state index contributed by atoms with van der Waals surface area (Å²) in [6.07, 6.45) is 3.42. The van der Waals surface area contributed by atoms with Crippen molar-refractivity contribution in [1.82, 2.24) is 0 Å². The molecule has 0 unspecified atom stereocenters. The van der Waals surface area contributed by atoms with E-state index in [2.05, 4.69) is 78.8 Å². The zero-order valence-electron chi connectivity index (χ0n) is 15.8. The predicted octanol–water partition coefficient (Wildman–Crippen LogP) is 6.58. The molecule has 1 aliphatic carbocycles. The Kier molecular flexibility index (Phi) is 9.25. The van der Waals surface area contributed by atoms with Crippen molar-refractivity contribution in [3.8, 4) is 5.75 Å². The van der Waals surface area contributed by atoms with E-state index in [0.29, 0.717) is 0 Å². The van der Waals surface area contributed by atoms with E-state index in [-0.39, 0.29) is 30.2 Å². The fourth-order valence-corrected chi connectivity index (χ4v) is 5.98. The van der Waals surface area contributed by atoms with Crippen molar-refractivity contribution in [3.63, 3.8) is 0 Å². The monoisotopic (exact) mass is 404 g/mol. The second-order valence-electron chi connectivity index (χ2n) is 7.40. The standard InChI is InChI=1S/C10H14O.C7H9.C3H6.2ClH.Ti/c1-10(2,3)8-5-4-6-9(11)7-8;1-6-4-3-5-7(6)2;1-3-2;;;/h4-7,11H,1-3H3;4H,3H2,1-2H3;1-2H3;2*1H;/q;;;;;+1/p-1. The van der Waals surface area contributed by atoms with Crippen molar-refractivity contribution in [3.05, 3.63) is 50.9 Å². The molecule has 0 saturated carbocycles. The van der Waals surface area contributed by atoms with Crippen molar-refractivity contribution < 1.29 is 21.1 Å². The molecule has 2 rings (SSSR count). The SMILES string of the molecule is CC1=CC[C]([Ti]([O]c2cccc(C(C)(C)C)c2)=[C](C)C)=C1C.Cl.Cl. The number of hydrogen-bond donors (Lipinski definition) is 0. The molecule has 0 fully saturated rings. The van der Waals surface area contributed by atoms with Gasteiger partial charge in [-0.2, -0.15) is 0 Å². The molecule has 0 amide bonds. The Bertz CT molecular complexity index is 675. The fourth-order valence-electron chi connectivity index (χ4n) is 2.67. The summed E-state index contributed by atoms with van der Waals surface area (Å²) in [6, 6.07) is 8.65. The molecule has 0 aliphatic heterocycles. The molecule has 4 heteroatoms. The van der Waals surface area contributed by atoms with E-state index >= 15 is 0 Å². The number of benzene rings is 1. The van der Waals surface area contributed by atoms with E-state index in [4.69, 9.17) is 3.32 Å². The first-order valence-electron chi connectivity index (χ1n) is 8.03. The molecule has 0 N–H and O–H groups in total. The molecule has 24 heavy (non-hydrogen) atoms. The molecular weight excluding hydrogens is 375 g/mol. The van der Waals surface area contributed by atoms with Gasteiger partial charge in [-0.05, 0) is 0 Å². The molecule has 0 radical (unpaired) electrons. The number of rotatable bonds is 3. The Labute approximate surface area is 166 Å². The first-order chi connectivity index (χ1) is 10.2. The fraction of sp³-hybridized carbons (Fsp3) is 0.450. The van der Waals surface area contributed by atoms with Crippen LogP contribution in [0.4, 0.5) is 0 Å². The van der Waals surface area contributed by atoms with Crippen molar-refractivity contribution in [2.75, 3.05) is 0 Å². The molecule has 0 spiro atoms. The van der Waals surface area contributed by atoms with Crippen molar-refractivity contribution in [2.45, 2.75) is 60.3 Å². The maximum Gasteiger partial charge on any atom is -0.147 e. The molecule has 1 aliphatic rings. The molecule has 0 bridgehead atoms. The molecule has 0 heterocycles. The van der Waals surface area contributed by atoms with Crippen LogP contribution in [-0.2, 0) is 23.2 Å². The van der Waals surface area contributed by atoms with Gasteiger partial charge >= 0.3 is 142 Å². The molecule has 0 atom stereocenters. The Hall–Kier alpha value is -0.336. The maximum atomic E-state index is 6.55. The summed E-state index contributed by atoms with van der Waals surface area (Å²) in [5.74, 6) is 1.04. The van der Waals surface area contributed by atoms with Gasteiger partial charge in [-0.1, -0.05) is 0 Å². The van der Waals surface area contributed by atoms with E-state index < -0.39 is 17.8 Å². The van der Waals surface area contributed by atoms with Crippen LogP contribution in [0.15, 0.2) is 45.4 Å². The van der Waals surface area contributed by atoms with Gasteiger partial charge in [-0.3, -0.25) is 0 Å². The summed E-state index contributed by atoms with van der Waals surface area (Å²) < 4.78 is 9.59. The summed E-state index contributed by atoms with van der Waals surface area (Å²) in [5.41, 5.74) is 4.38. The quantitative estimate of drug-likeness (QED) is 0.517. The average Bonchev–Trinajstić information content (AvgIpc) is 2.76. The first-order valence-corrected chi connectivity index (χ1v) is 10.2. The van der Waals surface area contributed by atoms with E-state index in [1.54, 1.807) is 3.88 Å². The minimum atomic E-state index is -1.83. The molecule has 134 valence electrons. The summed E-state index contributed by atoms with van der Waals surface area (Å²) in [4.78, 5) is 0. The van der Waals surface area contributed by atoms with Gasteiger partial charge in [-0.15, -0.1) is 24.8 Å². The largest absolute Gasteiger partial charge is 0.147 e. The third-order valence-corrected chi connectivity index (χ3v) is 8.17. The van der Waals surface area contributed by atoms with E-state index in [1.807, 2.05) is 0 Å². The third kappa shape index (κ3) is 5.59. The topological polar surface area (TPSA) is 9.23 Å². The minimum absolute atomic E-state index is 0. The first kappa shape index (κ1) is 23.7. The second-order valence-corrected chi connectivity index (χ2v) is 11.3. The van der Waals surface area contributed by atoms with Crippen LogP contribution in [0.2, 0.25) is 0 Å². The van der Waals surface area contributed by atoms with E-state index in [9.17, 15) is 0 Å². The smallest absolute Gasteiger partial charge is 0.147 e. The number of allylic oxidation sites excluding steroid dienone is 4. The van der Waals surface area contributed by atoms with Gasteiger partial charge in [0.25, 0.3) is 0 Å². The number of hydrogen-bond acceptors (Lipinski definition) is 1. The van der Waals surface area contributed by atoms with Crippen molar-refractivity contribution in [1.29, 1.82) is 0 Å². The van der Waals surface area contributed by atoms with Crippen LogP contribution in [-0.4, -0.2) is 3.81 Å². The van der Waals surface area contributed by atoms with E-state index in [0.717, 1.165) is 12.2 Å². The zero-order valence-corrected chi connectivity index (χ0v) is 19.0. The van der Waals surface area contributed by atoms with Crippen LogP contribution in [0.25, 0.3) is 0 Å². The molecule has 1 aromatic rings. The zero-order chi connectivity index (χ0) is 16.5. The van der Waals surface area contributed by atoms with Gasteiger partial charge in [0.2, 0.25) is 0 Å². The average molecular weight is 405 g/mol. The van der Waals surface area contributed by atoms with Crippen LogP contribution >= 0.6 is 24.8 Å². The summed E-state index contributed by atoms with van der Waals surface area (Å²) in [7, 11) is 0. The van der Waals surface area contributed by atoms with Crippen molar-refractivity contribution >= 4 is 28.6 Å². The van der Waals surface area contributed by atoms with Crippen LogP contribution in [0.3, 0.4) is 0 Å². The van der Waals surface area contributed by atoms with Gasteiger partial charge in [-0.25, -0.2) is 0 Å². The second kappa shape index (κ2) is 9.39. The Morgan fingerprint density at radius 1 is 1.08 bits per heavy atom. The van der Waals surface area contributed by atoms with Gasteiger partial charge < -0.3 is 0 Å². The Morgan fingerprint density at radius 3 is 2.17 bits per heavy atom. The Morgan fingerprint density at radius 2 is 1.71 bits per heavy atom. The van der Waals surface area contributed by atoms with Crippen LogP contribution in [0.5, 0.6) is 5.75 Å². The molecule has 1 aromatic carbocycles. The summed E-state index contributed by atoms with van der Waals surface area (Å²) >= 11 is -1.83. The molecular formula is C20H30Cl2OTi. The van der Waals surface area contributed by atoms with Crippen LogP contribution in [0.1, 0.15) is 60.5 Å². The minimum Gasteiger partial charge on any atom is -0.147 e. The van der Waals surface area contributed by atoms with Gasteiger partial charge in [0.15, 0.2) is 0 Å². The van der Waals surface area contributed by atoms with Crippen LogP contribution < -0.4 is 3.32 Å². The third-order valence-electron chi connectivity index (χ3n) is 4.30. The van der Waals surface area contributed by atoms with E-state index in [1.165, 1.54) is 20.5 Å². The van der Waals surface area contributed by atoms with Crippen molar-refractivity contribution in [2.24, 2.45) is 0 Å². The normalized spacial score (nSPS) is 13.7. The summed E-state index contributed by atoms with van der Waals surface area (Å²) in [6.45, 7) is 15.7. The van der Waals surface area contributed by atoms with Crippen LogP contribution in [0, 0.1) is 0 Å². The Balaban J connectivity index is 0.00000264. The predicted molar refractivity (Wildman–Crippen MR) is 108 cm³/mol. The molecule has 0 saturated heterocycles. The molecule has 0 aromatic heterocycles. The summed E-state index contributed by atoms with van der Waals surface area (Å²) in [5, 5.41) is 0. The molecule has 1 nitrogen and oxygen atoms in total. The maximum absolute atomic E-state index is 6.55. The van der Waals surface area contributed by atoms with Gasteiger partial charge in [0, 0.05) is 0 Å².